The fourth-order valence-corrected chi connectivity index (χ4v) is 4.19. The maximum Gasteiger partial charge on any atom is 0.237 e. The SMILES string of the molecule is C[C@@H]1CC[C@H]2C(=O)N(c3ccc(OCC(=O)c4ccccc4)cc3)C(=O)[C@@H]2C1. The third-order valence-electron chi connectivity index (χ3n) is 5.75. The number of carbonyl (C=O) groups excluding carboxylic acids is 3. The number of hydrogen-bond acceptors (Lipinski definition) is 4. The first-order chi connectivity index (χ1) is 13.5. The van der Waals surface area contributed by atoms with Crippen LogP contribution in [0, 0.1) is 17.8 Å². The van der Waals surface area contributed by atoms with Crippen LogP contribution < -0.4 is 9.64 Å². The Labute approximate surface area is 164 Å². The molecule has 5 heteroatoms. The van der Waals surface area contributed by atoms with Crippen LogP contribution in [0.4, 0.5) is 5.69 Å². The van der Waals surface area contributed by atoms with Gasteiger partial charge in [-0.3, -0.25) is 19.3 Å². The van der Waals surface area contributed by atoms with Gasteiger partial charge in [-0.15, -0.1) is 0 Å². The minimum absolute atomic E-state index is 0.0625. The number of Topliss-reactive ketones (excluding diaryl/α,β-unsaturated/α-hetero) is 1. The Balaban J connectivity index is 1.43. The van der Waals surface area contributed by atoms with E-state index >= 15 is 0 Å². The summed E-state index contributed by atoms with van der Waals surface area (Å²) in [5.74, 6) is 0.366. The molecule has 2 aromatic rings. The van der Waals surface area contributed by atoms with E-state index in [1.807, 2.05) is 18.2 Å². The van der Waals surface area contributed by atoms with Gasteiger partial charge in [0.2, 0.25) is 11.8 Å². The van der Waals surface area contributed by atoms with Gasteiger partial charge in [0.25, 0.3) is 0 Å². The summed E-state index contributed by atoms with van der Waals surface area (Å²) < 4.78 is 5.56. The van der Waals surface area contributed by atoms with E-state index < -0.39 is 0 Å². The van der Waals surface area contributed by atoms with Crippen molar-refractivity contribution >= 4 is 23.3 Å². The minimum Gasteiger partial charge on any atom is -0.485 e. The van der Waals surface area contributed by atoms with Gasteiger partial charge in [-0.1, -0.05) is 37.3 Å². The summed E-state index contributed by atoms with van der Waals surface area (Å²) in [6, 6.07) is 15.8. The Kier molecular flexibility index (Phi) is 4.99. The maximum atomic E-state index is 12.8. The molecule has 2 aliphatic rings. The normalized spacial score (nSPS) is 24.2. The number of hydrogen-bond donors (Lipinski definition) is 0. The molecule has 28 heavy (non-hydrogen) atoms. The van der Waals surface area contributed by atoms with Crippen LogP contribution in [-0.2, 0) is 9.59 Å². The fourth-order valence-electron chi connectivity index (χ4n) is 4.19. The Morgan fingerprint density at radius 3 is 2.36 bits per heavy atom. The molecule has 0 bridgehead atoms. The van der Waals surface area contributed by atoms with Gasteiger partial charge in [-0.05, 0) is 49.4 Å². The van der Waals surface area contributed by atoms with E-state index in [9.17, 15) is 14.4 Å². The summed E-state index contributed by atoms with van der Waals surface area (Å²) in [5.41, 5.74) is 1.17. The number of rotatable bonds is 5. The van der Waals surface area contributed by atoms with Crippen molar-refractivity contribution in [3.8, 4) is 5.75 Å². The van der Waals surface area contributed by atoms with Crippen molar-refractivity contribution in [1.29, 1.82) is 0 Å². The molecular weight excluding hydrogens is 354 g/mol. The highest BCUT2D eigenvalue weighted by molar-refractivity contribution is 6.22. The molecule has 1 saturated carbocycles. The number of fused-ring (bicyclic) bond motifs is 1. The molecule has 1 saturated heterocycles. The van der Waals surface area contributed by atoms with Gasteiger partial charge in [0, 0.05) is 5.56 Å². The number of amides is 2. The Morgan fingerprint density at radius 1 is 0.964 bits per heavy atom. The molecule has 0 unspecified atom stereocenters. The van der Waals surface area contributed by atoms with Crippen molar-refractivity contribution in [2.75, 3.05) is 11.5 Å². The Hall–Kier alpha value is -2.95. The number of carbonyl (C=O) groups is 3. The lowest BCUT2D eigenvalue weighted by molar-refractivity contribution is -0.122. The first-order valence-corrected chi connectivity index (χ1v) is 9.73. The molecule has 1 aliphatic heterocycles. The average molecular weight is 377 g/mol. The zero-order valence-electron chi connectivity index (χ0n) is 15.8. The molecule has 3 atom stereocenters. The van der Waals surface area contributed by atoms with E-state index in [0.29, 0.717) is 22.9 Å². The van der Waals surface area contributed by atoms with Crippen LogP contribution in [0.2, 0.25) is 0 Å². The molecule has 0 radical (unpaired) electrons. The second-order valence-corrected chi connectivity index (χ2v) is 7.71. The van der Waals surface area contributed by atoms with Crippen molar-refractivity contribution in [2.24, 2.45) is 17.8 Å². The first kappa shape index (κ1) is 18.4. The molecule has 5 nitrogen and oxygen atoms in total. The zero-order chi connectivity index (χ0) is 19.7. The molecule has 2 aromatic carbocycles. The number of imide groups is 1. The molecule has 4 rings (SSSR count). The highest BCUT2D eigenvalue weighted by atomic mass is 16.5. The lowest BCUT2D eigenvalue weighted by Gasteiger charge is -2.25. The predicted molar refractivity (Wildman–Crippen MR) is 105 cm³/mol. The van der Waals surface area contributed by atoms with E-state index in [2.05, 4.69) is 6.92 Å². The van der Waals surface area contributed by atoms with Gasteiger partial charge in [0.05, 0.1) is 17.5 Å². The zero-order valence-corrected chi connectivity index (χ0v) is 15.8. The van der Waals surface area contributed by atoms with Crippen LogP contribution in [0.3, 0.4) is 0 Å². The highest BCUT2D eigenvalue weighted by Crippen LogP contribution is 2.42. The smallest absolute Gasteiger partial charge is 0.237 e. The van der Waals surface area contributed by atoms with E-state index in [4.69, 9.17) is 4.74 Å². The van der Waals surface area contributed by atoms with Crippen molar-refractivity contribution in [3.05, 3.63) is 60.2 Å². The second-order valence-electron chi connectivity index (χ2n) is 7.71. The predicted octanol–water partition coefficient (Wildman–Crippen LogP) is 3.87. The number of ketones is 1. The van der Waals surface area contributed by atoms with E-state index in [1.165, 1.54) is 4.90 Å². The fraction of sp³-hybridized carbons (Fsp3) is 0.348. The second kappa shape index (κ2) is 7.58. The van der Waals surface area contributed by atoms with Crippen molar-refractivity contribution in [2.45, 2.75) is 26.2 Å². The standard InChI is InChI=1S/C23H23NO4/c1-15-7-12-19-20(13-15)23(27)24(22(19)26)17-8-10-18(11-9-17)28-14-21(25)16-5-3-2-4-6-16/h2-6,8-11,15,19-20H,7,12-14H2,1H3/t15-,19-,20-/m1/s1. The average Bonchev–Trinajstić information content (AvgIpc) is 2.97. The quantitative estimate of drug-likeness (QED) is 0.586. The van der Waals surface area contributed by atoms with Gasteiger partial charge in [0.15, 0.2) is 12.4 Å². The van der Waals surface area contributed by atoms with Crippen LogP contribution >= 0.6 is 0 Å². The number of nitrogens with zero attached hydrogens (tertiary/aromatic N) is 1. The third kappa shape index (κ3) is 3.44. The van der Waals surface area contributed by atoms with Crippen LogP contribution in [0.25, 0.3) is 0 Å². The number of ether oxygens (including phenoxy) is 1. The monoisotopic (exact) mass is 377 g/mol. The van der Waals surface area contributed by atoms with Gasteiger partial charge in [-0.25, -0.2) is 0 Å². The van der Waals surface area contributed by atoms with Crippen molar-refractivity contribution in [3.63, 3.8) is 0 Å². The molecular formula is C23H23NO4. The van der Waals surface area contributed by atoms with Gasteiger partial charge >= 0.3 is 0 Å². The molecule has 2 amide bonds. The molecule has 144 valence electrons. The molecule has 0 spiro atoms. The van der Waals surface area contributed by atoms with Gasteiger partial charge in [-0.2, -0.15) is 0 Å². The van der Waals surface area contributed by atoms with Crippen LogP contribution in [-0.4, -0.2) is 24.2 Å². The van der Waals surface area contributed by atoms with Crippen LogP contribution in [0.15, 0.2) is 54.6 Å². The van der Waals surface area contributed by atoms with E-state index in [1.54, 1.807) is 36.4 Å². The van der Waals surface area contributed by atoms with E-state index in [0.717, 1.165) is 19.3 Å². The van der Waals surface area contributed by atoms with Crippen LogP contribution in [0.5, 0.6) is 5.75 Å². The number of benzene rings is 2. The van der Waals surface area contributed by atoms with E-state index in [-0.39, 0.29) is 36.0 Å². The molecule has 1 aliphatic carbocycles. The molecule has 0 aromatic heterocycles. The lowest BCUT2D eigenvalue weighted by Crippen LogP contribution is -2.30. The summed E-state index contributed by atoms with van der Waals surface area (Å²) in [6.45, 7) is 2.08. The summed E-state index contributed by atoms with van der Waals surface area (Å²) >= 11 is 0. The lowest BCUT2D eigenvalue weighted by atomic mass is 9.76. The topological polar surface area (TPSA) is 63.7 Å². The van der Waals surface area contributed by atoms with Gasteiger partial charge in [0.1, 0.15) is 5.75 Å². The summed E-state index contributed by atoms with van der Waals surface area (Å²) in [6.07, 6.45) is 2.57. The first-order valence-electron chi connectivity index (χ1n) is 9.73. The maximum absolute atomic E-state index is 12.8. The minimum atomic E-state index is -0.185. The molecule has 0 N–H and O–H groups in total. The van der Waals surface area contributed by atoms with Crippen molar-refractivity contribution < 1.29 is 19.1 Å². The summed E-state index contributed by atoms with van der Waals surface area (Å²) in [5, 5.41) is 0. The highest BCUT2D eigenvalue weighted by Gasteiger charge is 2.49. The molecule has 1 heterocycles. The summed E-state index contributed by atoms with van der Waals surface area (Å²) in [4.78, 5) is 39.0. The van der Waals surface area contributed by atoms with Gasteiger partial charge < -0.3 is 4.74 Å². The molecule has 2 fully saturated rings. The van der Waals surface area contributed by atoms with Crippen molar-refractivity contribution in [1.82, 2.24) is 0 Å². The third-order valence-corrected chi connectivity index (χ3v) is 5.75. The number of anilines is 1. The summed E-state index contributed by atoms with van der Waals surface area (Å²) in [7, 11) is 0. The Morgan fingerprint density at radius 2 is 1.64 bits per heavy atom. The largest absolute Gasteiger partial charge is 0.485 e. The van der Waals surface area contributed by atoms with Crippen LogP contribution in [0.1, 0.15) is 36.5 Å². The Bertz CT molecular complexity index is 891.